The van der Waals surface area contributed by atoms with Crippen molar-refractivity contribution >= 4 is 0 Å². The average Bonchev–Trinajstić information content (AvgIpc) is 2.31. The van der Waals surface area contributed by atoms with Crippen LogP contribution in [0.4, 0.5) is 0 Å². The zero-order valence-electron chi connectivity index (χ0n) is 9.42. The largest absolute Gasteiger partial charge is 0.374 e. The van der Waals surface area contributed by atoms with Gasteiger partial charge in [-0.2, -0.15) is 0 Å². The van der Waals surface area contributed by atoms with Crippen molar-refractivity contribution in [1.82, 2.24) is 4.90 Å². The Kier molecular flexibility index (Phi) is 4.20. The highest BCUT2D eigenvalue weighted by molar-refractivity contribution is 4.83. The van der Waals surface area contributed by atoms with Crippen molar-refractivity contribution in [2.75, 3.05) is 13.6 Å². The van der Waals surface area contributed by atoms with Gasteiger partial charge in [0.2, 0.25) is 0 Å². The Morgan fingerprint density at radius 3 is 2.69 bits per heavy atom. The van der Waals surface area contributed by atoms with Crippen LogP contribution in [-0.4, -0.2) is 36.7 Å². The molecule has 0 radical (unpaired) electrons. The predicted molar refractivity (Wildman–Crippen MR) is 56.0 cm³/mol. The SMILES string of the molecule is CCCC1CC(OC(C)C)CN1C. The third-order valence-corrected chi connectivity index (χ3v) is 2.74. The molecular weight excluding hydrogens is 162 g/mol. The van der Waals surface area contributed by atoms with E-state index in [4.69, 9.17) is 4.74 Å². The summed E-state index contributed by atoms with van der Waals surface area (Å²) >= 11 is 0. The van der Waals surface area contributed by atoms with Crippen LogP contribution in [0.15, 0.2) is 0 Å². The van der Waals surface area contributed by atoms with Crippen LogP contribution in [0.1, 0.15) is 40.0 Å². The molecule has 2 heteroatoms. The minimum Gasteiger partial charge on any atom is -0.374 e. The van der Waals surface area contributed by atoms with Gasteiger partial charge in [-0.05, 0) is 33.7 Å². The molecule has 0 amide bonds. The highest BCUT2D eigenvalue weighted by Crippen LogP contribution is 2.22. The quantitative estimate of drug-likeness (QED) is 0.666. The smallest absolute Gasteiger partial charge is 0.0720 e. The maximum absolute atomic E-state index is 5.82. The summed E-state index contributed by atoms with van der Waals surface area (Å²) in [6.07, 6.45) is 4.67. The summed E-state index contributed by atoms with van der Waals surface area (Å²) in [5.74, 6) is 0. The molecule has 0 aromatic rings. The van der Waals surface area contributed by atoms with Crippen LogP contribution in [0.3, 0.4) is 0 Å². The third-order valence-electron chi connectivity index (χ3n) is 2.74. The highest BCUT2D eigenvalue weighted by atomic mass is 16.5. The first kappa shape index (κ1) is 11.0. The molecule has 0 bridgehead atoms. The van der Waals surface area contributed by atoms with Gasteiger partial charge in [-0.3, -0.25) is 0 Å². The number of likely N-dealkylation sites (tertiary alicyclic amines) is 1. The topological polar surface area (TPSA) is 12.5 Å². The van der Waals surface area contributed by atoms with Crippen molar-refractivity contribution < 1.29 is 4.74 Å². The van der Waals surface area contributed by atoms with Crippen LogP contribution in [0.25, 0.3) is 0 Å². The molecule has 0 spiro atoms. The Labute approximate surface area is 82.3 Å². The first-order valence-electron chi connectivity index (χ1n) is 5.49. The lowest BCUT2D eigenvalue weighted by molar-refractivity contribution is 0.0150. The molecule has 0 aromatic carbocycles. The van der Waals surface area contributed by atoms with Crippen LogP contribution < -0.4 is 0 Å². The minimum absolute atomic E-state index is 0.374. The molecule has 1 aliphatic rings. The molecule has 2 atom stereocenters. The van der Waals surface area contributed by atoms with E-state index in [0.29, 0.717) is 12.2 Å². The number of nitrogens with zero attached hydrogens (tertiary/aromatic N) is 1. The van der Waals surface area contributed by atoms with Crippen LogP contribution >= 0.6 is 0 Å². The average molecular weight is 185 g/mol. The first-order valence-corrected chi connectivity index (χ1v) is 5.49. The molecule has 78 valence electrons. The van der Waals surface area contributed by atoms with E-state index in [1.54, 1.807) is 0 Å². The van der Waals surface area contributed by atoms with Gasteiger partial charge in [-0.1, -0.05) is 13.3 Å². The molecule has 1 saturated heterocycles. The van der Waals surface area contributed by atoms with Gasteiger partial charge in [0.1, 0.15) is 0 Å². The van der Waals surface area contributed by atoms with Crippen LogP contribution in [-0.2, 0) is 4.74 Å². The van der Waals surface area contributed by atoms with Crippen molar-refractivity contribution in [3.63, 3.8) is 0 Å². The Morgan fingerprint density at radius 1 is 1.46 bits per heavy atom. The molecule has 2 nitrogen and oxygen atoms in total. The maximum atomic E-state index is 5.82. The fourth-order valence-corrected chi connectivity index (χ4v) is 2.18. The molecule has 0 N–H and O–H groups in total. The van der Waals surface area contributed by atoms with Crippen molar-refractivity contribution in [3.05, 3.63) is 0 Å². The molecule has 0 aromatic heterocycles. The van der Waals surface area contributed by atoms with Gasteiger partial charge in [0.15, 0.2) is 0 Å². The lowest BCUT2D eigenvalue weighted by Gasteiger charge is -2.17. The number of likely N-dealkylation sites (N-methyl/N-ethyl adjacent to an activating group) is 1. The Balaban J connectivity index is 2.31. The number of hydrogen-bond donors (Lipinski definition) is 0. The standard InChI is InChI=1S/C11H23NO/c1-5-6-10-7-11(8-12(10)4)13-9(2)3/h9-11H,5-8H2,1-4H3. The minimum atomic E-state index is 0.374. The normalized spacial score (nSPS) is 30.2. The number of rotatable bonds is 4. The zero-order valence-corrected chi connectivity index (χ0v) is 9.42. The van der Waals surface area contributed by atoms with Crippen molar-refractivity contribution in [3.8, 4) is 0 Å². The van der Waals surface area contributed by atoms with E-state index in [2.05, 4.69) is 32.7 Å². The zero-order chi connectivity index (χ0) is 9.84. The number of ether oxygens (including phenoxy) is 1. The molecule has 2 unspecified atom stereocenters. The Bertz CT molecular complexity index is 147. The molecule has 0 aliphatic carbocycles. The van der Waals surface area contributed by atoms with Crippen molar-refractivity contribution in [1.29, 1.82) is 0 Å². The predicted octanol–water partition coefficient (Wildman–Crippen LogP) is 2.28. The summed E-state index contributed by atoms with van der Waals surface area (Å²) in [6, 6.07) is 0.758. The van der Waals surface area contributed by atoms with Gasteiger partial charge in [0, 0.05) is 12.6 Å². The van der Waals surface area contributed by atoms with E-state index >= 15 is 0 Å². The molecule has 1 aliphatic heterocycles. The van der Waals surface area contributed by atoms with E-state index in [1.807, 2.05) is 0 Å². The summed E-state index contributed by atoms with van der Waals surface area (Å²) in [7, 11) is 2.21. The van der Waals surface area contributed by atoms with Gasteiger partial charge >= 0.3 is 0 Å². The van der Waals surface area contributed by atoms with Gasteiger partial charge < -0.3 is 9.64 Å². The molecule has 0 saturated carbocycles. The second-order valence-corrected chi connectivity index (χ2v) is 4.42. The molecule has 1 rings (SSSR count). The third kappa shape index (κ3) is 3.28. The van der Waals surface area contributed by atoms with Crippen molar-refractivity contribution in [2.45, 2.75) is 58.3 Å². The van der Waals surface area contributed by atoms with Crippen LogP contribution in [0.2, 0.25) is 0 Å². The van der Waals surface area contributed by atoms with E-state index < -0.39 is 0 Å². The first-order chi connectivity index (χ1) is 6.13. The second-order valence-electron chi connectivity index (χ2n) is 4.42. The monoisotopic (exact) mass is 185 g/mol. The van der Waals surface area contributed by atoms with E-state index in [1.165, 1.54) is 19.3 Å². The molecule has 1 heterocycles. The summed E-state index contributed by atoms with van der Waals surface area (Å²) < 4.78 is 5.82. The molecular formula is C11H23NO. The Hall–Kier alpha value is -0.0800. The van der Waals surface area contributed by atoms with E-state index in [9.17, 15) is 0 Å². The summed E-state index contributed by atoms with van der Waals surface area (Å²) in [6.45, 7) is 7.60. The Morgan fingerprint density at radius 2 is 2.15 bits per heavy atom. The lowest BCUT2D eigenvalue weighted by Crippen LogP contribution is -2.25. The summed E-state index contributed by atoms with van der Waals surface area (Å²) in [5.41, 5.74) is 0. The summed E-state index contributed by atoms with van der Waals surface area (Å²) in [5, 5.41) is 0. The molecule has 1 fully saturated rings. The van der Waals surface area contributed by atoms with Crippen LogP contribution in [0.5, 0.6) is 0 Å². The highest BCUT2D eigenvalue weighted by Gasteiger charge is 2.29. The number of hydrogen-bond acceptors (Lipinski definition) is 2. The molecule has 13 heavy (non-hydrogen) atoms. The van der Waals surface area contributed by atoms with E-state index in [-0.39, 0.29) is 0 Å². The van der Waals surface area contributed by atoms with Crippen LogP contribution in [0, 0.1) is 0 Å². The second kappa shape index (κ2) is 4.97. The fourth-order valence-electron chi connectivity index (χ4n) is 2.18. The van der Waals surface area contributed by atoms with Crippen molar-refractivity contribution in [2.24, 2.45) is 0 Å². The lowest BCUT2D eigenvalue weighted by atomic mass is 10.1. The van der Waals surface area contributed by atoms with Gasteiger partial charge in [0.25, 0.3) is 0 Å². The van der Waals surface area contributed by atoms with E-state index in [0.717, 1.165) is 12.6 Å². The fraction of sp³-hybridized carbons (Fsp3) is 1.00. The van der Waals surface area contributed by atoms with Gasteiger partial charge in [-0.15, -0.1) is 0 Å². The summed E-state index contributed by atoms with van der Waals surface area (Å²) in [4.78, 5) is 2.44. The maximum Gasteiger partial charge on any atom is 0.0720 e. The van der Waals surface area contributed by atoms with Gasteiger partial charge in [-0.25, -0.2) is 0 Å². The van der Waals surface area contributed by atoms with Gasteiger partial charge in [0.05, 0.1) is 12.2 Å².